The quantitative estimate of drug-likeness (QED) is 0.477. The van der Waals surface area contributed by atoms with E-state index in [1.54, 1.807) is 6.92 Å². The van der Waals surface area contributed by atoms with Crippen molar-refractivity contribution in [3.05, 3.63) is 0 Å². The van der Waals surface area contributed by atoms with E-state index in [0.29, 0.717) is 6.42 Å². The van der Waals surface area contributed by atoms with Crippen LogP contribution >= 0.6 is 8.17 Å². The molecule has 1 saturated heterocycles. The van der Waals surface area contributed by atoms with Gasteiger partial charge in [0.15, 0.2) is 0 Å². The van der Waals surface area contributed by atoms with Crippen LogP contribution in [0.5, 0.6) is 0 Å². The third kappa shape index (κ3) is 2.84. The fourth-order valence-corrected chi connectivity index (χ4v) is 2.30. The molecule has 0 amide bonds. The van der Waals surface area contributed by atoms with E-state index in [0.717, 1.165) is 0 Å². The van der Waals surface area contributed by atoms with Crippen LogP contribution in [0.4, 0.5) is 0 Å². The monoisotopic (exact) mass is 228 g/mol. The SMILES string of the molecule is CCC1OC(C)C(O[PH](O)(O)O)C1O. The van der Waals surface area contributed by atoms with Crippen molar-refractivity contribution in [1.82, 2.24) is 0 Å². The van der Waals surface area contributed by atoms with Gasteiger partial charge in [0.05, 0.1) is 0 Å². The zero-order chi connectivity index (χ0) is 10.9. The van der Waals surface area contributed by atoms with E-state index in [-0.39, 0.29) is 6.10 Å². The van der Waals surface area contributed by atoms with Crippen LogP contribution in [0.25, 0.3) is 0 Å². The average molecular weight is 228 g/mol. The maximum atomic E-state index is 9.62. The van der Waals surface area contributed by atoms with Crippen LogP contribution < -0.4 is 0 Å². The van der Waals surface area contributed by atoms with Crippen molar-refractivity contribution in [2.45, 2.75) is 44.7 Å². The molecule has 0 bridgehead atoms. The van der Waals surface area contributed by atoms with Crippen LogP contribution in [0.3, 0.4) is 0 Å². The Balaban J connectivity index is 2.61. The summed E-state index contributed by atoms with van der Waals surface area (Å²) in [6.07, 6.45) is -2.07. The molecule has 4 unspecified atom stereocenters. The van der Waals surface area contributed by atoms with Gasteiger partial charge >= 0.3 is 81.9 Å². The summed E-state index contributed by atoms with van der Waals surface area (Å²) in [5, 5.41) is 9.62. The molecule has 1 rings (SSSR count). The molecule has 4 atom stereocenters. The Morgan fingerprint density at radius 3 is 2.29 bits per heavy atom. The summed E-state index contributed by atoms with van der Waals surface area (Å²) in [7, 11) is -4.59. The van der Waals surface area contributed by atoms with Crippen LogP contribution in [-0.2, 0) is 9.26 Å². The summed E-state index contributed by atoms with van der Waals surface area (Å²) in [6, 6.07) is 0. The van der Waals surface area contributed by atoms with Gasteiger partial charge in [-0.25, -0.2) is 0 Å². The Kier molecular flexibility index (Phi) is 3.82. The molecule has 1 aliphatic heterocycles. The topological polar surface area (TPSA) is 99.4 Å². The first kappa shape index (κ1) is 12.3. The standard InChI is InChI=1S/C7H17O6P/c1-3-5-6(8)7(4(2)12-5)13-14(9,10)11/h4-11,14H,3H2,1-2H3. The van der Waals surface area contributed by atoms with Crippen molar-refractivity contribution in [3.63, 3.8) is 0 Å². The molecule has 0 radical (unpaired) electrons. The van der Waals surface area contributed by atoms with Crippen molar-refractivity contribution in [2.75, 3.05) is 0 Å². The molecule has 0 aromatic heterocycles. The second kappa shape index (κ2) is 4.37. The first-order valence-corrected chi connectivity index (χ1v) is 6.28. The van der Waals surface area contributed by atoms with Crippen molar-refractivity contribution >= 4 is 8.17 Å². The predicted octanol–water partition coefficient (Wildman–Crippen LogP) is -0.683. The van der Waals surface area contributed by atoms with Gasteiger partial charge in [-0.15, -0.1) is 0 Å². The zero-order valence-corrected chi connectivity index (χ0v) is 9.12. The van der Waals surface area contributed by atoms with Gasteiger partial charge in [0, 0.05) is 0 Å². The number of ether oxygens (including phenoxy) is 1. The molecule has 6 nitrogen and oxygen atoms in total. The fraction of sp³-hybridized carbons (Fsp3) is 1.00. The van der Waals surface area contributed by atoms with Crippen LogP contribution in [0.15, 0.2) is 0 Å². The molecule has 0 saturated carbocycles. The predicted molar refractivity (Wildman–Crippen MR) is 50.5 cm³/mol. The third-order valence-electron chi connectivity index (χ3n) is 2.27. The first-order chi connectivity index (χ1) is 6.35. The number of rotatable bonds is 3. The van der Waals surface area contributed by atoms with E-state index in [2.05, 4.69) is 4.52 Å². The molecular formula is C7H17O6P. The Bertz CT molecular complexity index is 193. The summed E-state index contributed by atoms with van der Waals surface area (Å²) < 4.78 is 9.88. The number of aliphatic hydroxyl groups excluding tert-OH is 1. The van der Waals surface area contributed by atoms with Crippen molar-refractivity contribution < 1.29 is 29.0 Å². The molecule has 1 fully saturated rings. The molecule has 1 aliphatic rings. The number of hydrogen-bond donors (Lipinski definition) is 4. The average Bonchev–Trinajstić information content (AvgIpc) is 2.29. The summed E-state index contributed by atoms with van der Waals surface area (Å²) in [5.74, 6) is 0. The van der Waals surface area contributed by atoms with E-state index in [1.807, 2.05) is 6.92 Å². The van der Waals surface area contributed by atoms with Gasteiger partial charge in [-0.1, -0.05) is 0 Å². The first-order valence-electron chi connectivity index (χ1n) is 4.53. The molecule has 0 aromatic rings. The van der Waals surface area contributed by atoms with Gasteiger partial charge in [0.25, 0.3) is 0 Å². The zero-order valence-electron chi connectivity index (χ0n) is 8.12. The van der Waals surface area contributed by atoms with Gasteiger partial charge in [-0.05, 0) is 0 Å². The Labute approximate surface area is 82.8 Å². The van der Waals surface area contributed by atoms with E-state index in [4.69, 9.17) is 19.4 Å². The number of hydrogen-bond acceptors (Lipinski definition) is 6. The Morgan fingerprint density at radius 2 is 1.93 bits per heavy atom. The third-order valence-corrected chi connectivity index (χ3v) is 2.85. The minimum atomic E-state index is -4.59. The van der Waals surface area contributed by atoms with E-state index in [9.17, 15) is 5.11 Å². The van der Waals surface area contributed by atoms with Crippen LogP contribution in [0, 0.1) is 0 Å². The van der Waals surface area contributed by atoms with Crippen molar-refractivity contribution in [3.8, 4) is 0 Å². The molecule has 0 aromatic carbocycles. The van der Waals surface area contributed by atoms with Gasteiger partial charge in [0.2, 0.25) is 0 Å². The van der Waals surface area contributed by atoms with Crippen molar-refractivity contribution in [2.24, 2.45) is 0 Å². The fourth-order valence-electron chi connectivity index (χ4n) is 1.61. The Hall–Kier alpha value is 0.190. The maximum absolute atomic E-state index is 9.62. The molecular weight excluding hydrogens is 211 g/mol. The Morgan fingerprint density at radius 1 is 1.36 bits per heavy atom. The van der Waals surface area contributed by atoms with E-state index in [1.165, 1.54) is 0 Å². The molecule has 86 valence electrons. The molecule has 4 N–H and O–H groups in total. The van der Waals surface area contributed by atoms with Crippen LogP contribution in [0.1, 0.15) is 20.3 Å². The van der Waals surface area contributed by atoms with E-state index >= 15 is 0 Å². The second-order valence-electron chi connectivity index (χ2n) is 3.43. The summed E-state index contributed by atoms with van der Waals surface area (Å²) in [6.45, 7) is 3.48. The second-order valence-corrected chi connectivity index (χ2v) is 4.82. The van der Waals surface area contributed by atoms with Crippen molar-refractivity contribution in [1.29, 1.82) is 0 Å². The van der Waals surface area contributed by atoms with Crippen LogP contribution in [-0.4, -0.2) is 44.2 Å². The molecule has 14 heavy (non-hydrogen) atoms. The summed E-state index contributed by atoms with van der Waals surface area (Å²) in [5.41, 5.74) is 0. The minimum absolute atomic E-state index is 0.383. The van der Waals surface area contributed by atoms with E-state index < -0.39 is 26.5 Å². The number of aliphatic hydroxyl groups is 1. The van der Waals surface area contributed by atoms with Gasteiger partial charge in [0.1, 0.15) is 0 Å². The summed E-state index contributed by atoms with van der Waals surface area (Å²) >= 11 is 0. The molecule has 7 heteroatoms. The summed E-state index contributed by atoms with van der Waals surface area (Å²) in [4.78, 5) is 26.2. The van der Waals surface area contributed by atoms with Gasteiger partial charge in [-0.3, -0.25) is 0 Å². The normalized spacial score (nSPS) is 40.1. The molecule has 0 spiro atoms. The van der Waals surface area contributed by atoms with Gasteiger partial charge in [-0.2, -0.15) is 0 Å². The van der Waals surface area contributed by atoms with Crippen LogP contribution in [0.2, 0.25) is 0 Å². The molecule has 0 aliphatic carbocycles. The molecule has 1 heterocycles. The van der Waals surface area contributed by atoms with Gasteiger partial charge < -0.3 is 0 Å².